The van der Waals surface area contributed by atoms with Crippen molar-refractivity contribution < 1.29 is 9.18 Å². The third-order valence-corrected chi connectivity index (χ3v) is 7.06. The van der Waals surface area contributed by atoms with Crippen molar-refractivity contribution in [1.29, 1.82) is 0 Å². The lowest BCUT2D eigenvalue weighted by Crippen LogP contribution is -2.46. The largest absolute Gasteiger partial charge is 0.342 e. The summed E-state index contributed by atoms with van der Waals surface area (Å²) >= 11 is 1.43. The molecule has 3 aromatic rings. The molecule has 2 aliphatic rings. The first-order chi connectivity index (χ1) is 15.2. The fourth-order valence-electron chi connectivity index (χ4n) is 4.21. The second-order valence-corrected chi connectivity index (χ2v) is 9.05. The van der Waals surface area contributed by atoms with Crippen LogP contribution in [0.2, 0.25) is 0 Å². The maximum Gasteiger partial charge on any atom is 0.238 e. The predicted octanol–water partition coefficient (Wildman–Crippen LogP) is 4.25. The highest BCUT2D eigenvalue weighted by Crippen LogP contribution is 2.39. The van der Waals surface area contributed by atoms with Crippen LogP contribution in [0.3, 0.4) is 0 Å². The van der Waals surface area contributed by atoms with Gasteiger partial charge in [-0.25, -0.2) is 9.07 Å². The van der Waals surface area contributed by atoms with Crippen molar-refractivity contribution in [3.05, 3.63) is 66.0 Å². The highest BCUT2D eigenvalue weighted by atomic mass is 32.2. The average molecular weight is 438 g/mol. The van der Waals surface area contributed by atoms with Crippen molar-refractivity contribution in [2.75, 3.05) is 18.5 Å². The standard InChI is InChI=1S/C23H24FN5OS/c24-18-12-10-16(11-13-18)19-20(22(30)28-14-6-1-2-7-15-28)31-23-26-25-21(29(23)27-19)17-8-4-3-5-9-17/h3-5,8-13,19-20,27H,1-2,6-7,14-15H2/t19-,20+/m1/s1. The first kappa shape index (κ1) is 20.1. The van der Waals surface area contributed by atoms with E-state index in [2.05, 4.69) is 15.6 Å². The van der Waals surface area contributed by atoms with Gasteiger partial charge in [0, 0.05) is 18.7 Å². The summed E-state index contributed by atoms with van der Waals surface area (Å²) in [6, 6.07) is 15.9. The lowest BCUT2D eigenvalue weighted by Gasteiger charge is -2.35. The van der Waals surface area contributed by atoms with Gasteiger partial charge in [-0.15, -0.1) is 10.2 Å². The highest BCUT2D eigenvalue weighted by molar-refractivity contribution is 8.00. The Morgan fingerprint density at radius 3 is 2.39 bits per heavy atom. The number of hydrogen-bond donors (Lipinski definition) is 1. The van der Waals surface area contributed by atoms with E-state index in [-0.39, 0.29) is 17.8 Å². The average Bonchev–Trinajstić information content (AvgIpc) is 3.02. The molecule has 1 saturated heterocycles. The van der Waals surface area contributed by atoms with Crippen LogP contribution in [0.5, 0.6) is 0 Å². The van der Waals surface area contributed by atoms with Crippen molar-refractivity contribution in [2.24, 2.45) is 0 Å². The minimum Gasteiger partial charge on any atom is -0.342 e. The number of carbonyl (C=O) groups is 1. The first-order valence-electron chi connectivity index (χ1n) is 10.7. The number of rotatable bonds is 3. The molecule has 0 radical (unpaired) electrons. The zero-order valence-electron chi connectivity index (χ0n) is 17.1. The lowest BCUT2D eigenvalue weighted by molar-refractivity contribution is -0.131. The summed E-state index contributed by atoms with van der Waals surface area (Å²) in [7, 11) is 0. The minimum absolute atomic E-state index is 0.101. The van der Waals surface area contributed by atoms with E-state index in [0.29, 0.717) is 11.0 Å². The second-order valence-electron chi connectivity index (χ2n) is 7.94. The van der Waals surface area contributed by atoms with Gasteiger partial charge in [-0.2, -0.15) is 0 Å². The molecule has 1 fully saturated rings. The summed E-state index contributed by atoms with van der Waals surface area (Å²) < 4.78 is 15.4. The maximum absolute atomic E-state index is 13.6. The third-order valence-electron chi connectivity index (χ3n) is 5.86. The van der Waals surface area contributed by atoms with Gasteiger partial charge < -0.3 is 10.3 Å². The van der Waals surface area contributed by atoms with E-state index in [4.69, 9.17) is 0 Å². The number of nitrogens with zero attached hydrogens (tertiary/aromatic N) is 4. The van der Waals surface area contributed by atoms with Crippen LogP contribution < -0.4 is 5.43 Å². The first-order valence-corrected chi connectivity index (χ1v) is 11.6. The molecule has 160 valence electrons. The van der Waals surface area contributed by atoms with Gasteiger partial charge in [0.1, 0.15) is 11.1 Å². The number of fused-ring (bicyclic) bond motifs is 1. The normalized spacial score (nSPS) is 21.1. The van der Waals surface area contributed by atoms with Crippen molar-refractivity contribution in [3.8, 4) is 11.4 Å². The molecule has 31 heavy (non-hydrogen) atoms. The molecule has 2 aliphatic heterocycles. The van der Waals surface area contributed by atoms with Crippen LogP contribution in [0, 0.1) is 5.82 Å². The predicted molar refractivity (Wildman–Crippen MR) is 119 cm³/mol. The topological polar surface area (TPSA) is 63.1 Å². The Morgan fingerprint density at radius 2 is 1.68 bits per heavy atom. The molecule has 0 unspecified atom stereocenters. The molecule has 3 heterocycles. The van der Waals surface area contributed by atoms with Gasteiger partial charge in [0.15, 0.2) is 5.82 Å². The quantitative estimate of drug-likeness (QED) is 0.664. The van der Waals surface area contributed by atoms with Gasteiger partial charge in [0.05, 0.1) is 6.04 Å². The lowest BCUT2D eigenvalue weighted by atomic mass is 10.0. The molecule has 2 aromatic carbocycles. The number of nitrogens with one attached hydrogen (secondary N) is 1. The summed E-state index contributed by atoms with van der Waals surface area (Å²) in [6.07, 6.45) is 4.39. The van der Waals surface area contributed by atoms with Crippen molar-refractivity contribution >= 4 is 17.7 Å². The number of benzene rings is 2. The molecule has 1 aromatic heterocycles. The van der Waals surface area contributed by atoms with Crippen molar-refractivity contribution in [2.45, 2.75) is 42.1 Å². The smallest absolute Gasteiger partial charge is 0.238 e. The van der Waals surface area contributed by atoms with Crippen LogP contribution in [-0.2, 0) is 4.79 Å². The van der Waals surface area contributed by atoms with Gasteiger partial charge in [-0.05, 0) is 30.5 Å². The second kappa shape index (κ2) is 8.70. The Bertz CT molecular complexity index is 1050. The molecule has 5 rings (SSSR count). The Labute approximate surface area is 184 Å². The summed E-state index contributed by atoms with van der Waals surface area (Å²) in [5.41, 5.74) is 5.26. The van der Waals surface area contributed by atoms with E-state index in [1.807, 2.05) is 39.9 Å². The number of aromatic nitrogens is 3. The Kier molecular flexibility index (Phi) is 5.63. The highest BCUT2D eigenvalue weighted by Gasteiger charge is 2.40. The van der Waals surface area contributed by atoms with Gasteiger partial charge in [-0.1, -0.05) is 67.1 Å². The Hall–Kier alpha value is -2.87. The SMILES string of the molecule is O=C([C@H]1Sc2nnc(-c3ccccc3)n2N[C@@H]1c1ccc(F)cc1)N1CCCCCC1. The number of carbonyl (C=O) groups excluding carboxylic acids is 1. The minimum atomic E-state index is -0.399. The van der Waals surface area contributed by atoms with E-state index < -0.39 is 5.25 Å². The molecule has 8 heteroatoms. The third kappa shape index (κ3) is 4.04. The molecule has 2 atom stereocenters. The summed E-state index contributed by atoms with van der Waals surface area (Å²) in [5.74, 6) is 0.498. The van der Waals surface area contributed by atoms with Gasteiger partial charge >= 0.3 is 0 Å². The number of thioether (sulfide) groups is 1. The Morgan fingerprint density at radius 1 is 0.968 bits per heavy atom. The van der Waals surface area contributed by atoms with Crippen molar-refractivity contribution in [3.63, 3.8) is 0 Å². The summed E-state index contributed by atoms with van der Waals surface area (Å²) in [4.78, 5) is 15.6. The van der Waals surface area contributed by atoms with Gasteiger partial charge in [0.2, 0.25) is 11.1 Å². The zero-order valence-corrected chi connectivity index (χ0v) is 17.9. The number of halogens is 1. The van der Waals surface area contributed by atoms with Crippen molar-refractivity contribution in [1.82, 2.24) is 19.8 Å². The molecular formula is C23H24FN5OS. The van der Waals surface area contributed by atoms with E-state index in [1.165, 1.54) is 23.9 Å². The molecule has 1 N–H and O–H groups in total. The van der Waals surface area contributed by atoms with Gasteiger partial charge in [-0.3, -0.25) is 4.79 Å². The van der Waals surface area contributed by atoms with E-state index >= 15 is 0 Å². The number of amides is 1. The van der Waals surface area contributed by atoms with Crippen LogP contribution in [0.15, 0.2) is 59.8 Å². The molecular weight excluding hydrogens is 413 g/mol. The maximum atomic E-state index is 13.6. The summed E-state index contributed by atoms with van der Waals surface area (Å²) in [6.45, 7) is 1.57. The van der Waals surface area contributed by atoms with Crippen LogP contribution in [0.1, 0.15) is 37.3 Å². The van der Waals surface area contributed by atoms with Crippen LogP contribution in [-0.4, -0.2) is 44.0 Å². The molecule has 1 amide bonds. The summed E-state index contributed by atoms with van der Waals surface area (Å²) in [5, 5.41) is 8.99. The van der Waals surface area contributed by atoms with E-state index in [1.54, 1.807) is 12.1 Å². The monoisotopic (exact) mass is 437 g/mol. The number of hydrogen-bond acceptors (Lipinski definition) is 5. The number of likely N-dealkylation sites (tertiary alicyclic amines) is 1. The fraction of sp³-hybridized carbons (Fsp3) is 0.348. The molecule has 0 aliphatic carbocycles. The fourth-order valence-corrected chi connectivity index (χ4v) is 5.37. The molecule has 0 saturated carbocycles. The van der Waals surface area contributed by atoms with Crippen LogP contribution in [0.25, 0.3) is 11.4 Å². The molecule has 0 spiro atoms. The molecule has 6 nitrogen and oxygen atoms in total. The van der Waals surface area contributed by atoms with Gasteiger partial charge in [0.25, 0.3) is 0 Å². The Balaban J connectivity index is 1.52. The van der Waals surface area contributed by atoms with Crippen LogP contribution >= 0.6 is 11.8 Å². The van der Waals surface area contributed by atoms with Crippen LogP contribution in [0.4, 0.5) is 4.39 Å². The zero-order chi connectivity index (χ0) is 21.2. The van der Waals surface area contributed by atoms with E-state index in [9.17, 15) is 9.18 Å². The van der Waals surface area contributed by atoms with E-state index in [0.717, 1.165) is 49.9 Å². The molecule has 0 bridgehead atoms.